The Morgan fingerprint density at radius 2 is 0.840 bits per heavy atom. The summed E-state index contributed by atoms with van der Waals surface area (Å²) in [6.07, 6.45) is 0. The zero-order valence-electron chi connectivity index (χ0n) is 27.3. The van der Waals surface area contributed by atoms with Gasteiger partial charge in [0.15, 0.2) is 0 Å². The summed E-state index contributed by atoms with van der Waals surface area (Å²) in [6.45, 7) is 0. The molecule has 0 amide bonds. The smallest absolute Gasteiger partial charge is 0.0714 e. The highest BCUT2D eigenvalue weighted by Crippen LogP contribution is 2.58. The summed E-state index contributed by atoms with van der Waals surface area (Å²) in [7, 11) is 0. The SMILES string of the molecule is c1ccc(C2(c3ccccc3)c3ccccc3-c3c2ccc2c4ccccc4n(-c4ccc5c6ccccc6c6ccccc6c5c4)c32)cc1. The molecule has 0 aliphatic heterocycles. The molecule has 1 nitrogen and oxygen atoms in total. The predicted molar refractivity (Wildman–Crippen MR) is 211 cm³/mol. The molecule has 0 radical (unpaired) electrons. The van der Waals surface area contributed by atoms with Crippen LogP contribution in [0, 0.1) is 0 Å². The lowest BCUT2D eigenvalue weighted by Crippen LogP contribution is -2.28. The van der Waals surface area contributed by atoms with Crippen LogP contribution in [-0.4, -0.2) is 4.57 Å². The first kappa shape index (κ1) is 27.5. The van der Waals surface area contributed by atoms with Gasteiger partial charge in [0.1, 0.15) is 0 Å². The highest BCUT2D eigenvalue weighted by molar-refractivity contribution is 6.26. The molecule has 1 heterocycles. The second-order valence-electron chi connectivity index (χ2n) is 13.6. The van der Waals surface area contributed by atoms with E-state index in [9.17, 15) is 0 Å². The minimum absolute atomic E-state index is 0.456. The molecule has 0 unspecified atom stereocenters. The molecule has 232 valence electrons. The third-order valence-corrected chi connectivity index (χ3v) is 11.2. The second-order valence-corrected chi connectivity index (χ2v) is 13.6. The lowest BCUT2D eigenvalue weighted by molar-refractivity contribution is 0.769. The van der Waals surface area contributed by atoms with Crippen LogP contribution in [0.25, 0.3) is 70.9 Å². The summed E-state index contributed by atoms with van der Waals surface area (Å²) in [5, 5.41) is 10.3. The summed E-state index contributed by atoms with van der Waals surface area (Å²) in [5.74, 6) is 0. The molecule has 1 heteroatoms. The largest absolute Gasteiger partial charge is 0.309 e. The van der Waals surface area contributed by atoms with E-state index >= 15 is 0 Å². The van der Waals surface area contributed by atoms with Crippen LogP contribution >= 0.6 is 0 Å². The van der Waals surface area contributed by atoms with Crippen molar-refractivity contribution in [2.75, 3.05) is 0 Å². The number of benzene rings is 9. The minimum Gasteiger partial charge on any atom is -0.309 e. The van der Waals surface area contributed by atoms with Gasteiger partial charge in [-0.05, 0) is 78.3 Å². The van der Waals surface area contributed by atoms with Crippen LogP contribution in [-0.2, 0) is 5.41 Å². The molecular weight excluding hydrogens is 603 g/mol. The van der Waals surface area contributed by atoms with E-state index in [2.05, 4.69) is 193 Å². The summed E-state index contributed by atoms with van der Waals surface area (Å²) in [6, 6.07) is 69.8. The number of hydrogen-bond donors (Lipinski definition) is 0. The first-order valence-electron chi connectivity index (χ1n) is 17.5. The zero-order chi connectivity index (χ0) is 32.8. The van der Waals surface area contributed by atoms with E-state index in [0.29, 0.717) is 0 Å². The molecule has 1 aliphatic rings. The molecule has 0 fully saturated rings. The molecule has 0 N–H and O–H groups in total. The Labute approximate surface area is 290 Å². The maximum Gasteiger partial charge on any atom is 0.0714 e. The molecule has 10 aromatic rings. The molecule has 50 heavy (non-hydrogen) atoms. The number of para-hydroxylation sites is 1. The average molecular weight is 634 g/mol. The maximum atomic E-state index is 2.54. The van der Waals surface area contributed by atoms with Gasteiger partial charge in [-0.1, -0.05) is 170 Å². The van der Waals surface area contributed by atoms with Crippen molar-refractivity contribution in [2.24, 2.45) is 0 Å². The molecule has 0 bridgehead atoms. The molecule has 0 atom stereocenters. The highest BCUT2D eigenvalue weighted by atomic mass is 15.0. The molecule has 11 rings (SSSR count). The lowest BCUT2D eigenvalue weighted by Gasteiger charge is -2.33. The Bertz CT molecular complexity index is 2890. The van der Waals surface area contributed by atoms with Crippen LogP contribution < -0.4 is 0 Å². The Kier molecular flexibility index (Phi) is 5.66. The van der Waals surface area contributed by atoms with E-state index in [1.807, 2.05) is 0 Å². The number of rotatable bonds is 3. The Balaban J connectivity index is 1.31. The topological polar surface area (TPSA) is 4.93 Å². The van der Waals surface area contributed by atoms with Gasteiger partial charge in [-0.25, -0.2) is 0 Å². The fourth-order valence-electron chi connectivity index (χ4n) is 9.28. The van der Waals surface area contributed by atoms with Crippen molar-refractivity contribution in [2.45, 2.75) is 5.41 Å². The fraction of sp³-hybridized carbons (Fsp3) is 0.0204. The van der Waals surface area contributed by atoms with Gasteiger partial charge in [0.05, 0.1) is 16.4 Å². The van der Waals surface area contributed by atoms with Crippen molar-refractivity contribution in [3.05, 3.63) is 210 Å². The standard InChI is InChI=1S/C49H31N/c1-3-15-32(16-4-1)49(33-17-5-2-6-18-33)44-25-13-11-24-42(44)47-45(49)30-29-41-40-23-12-14-26-46(40)50(48(41)47)34-27-28-39-37-21-8-7-19-35(37)36-20-9-10-22-38(36)43(39)31-34/h1-31H. The lowest BCUT2D eigenvalue weighted by atomic mass is 9.67. The molecule has 9 aromatic carbocycles. The van der Waals surface area contributed by atoms with Gasteiger partial charge >= 0.3 is 0 Å². The van der Waals surface area contributed by atoms with E-state index in [-0.39, 0.29) is 0 Å². The van der Waals surface area contributed by atoms with Crippen LogP contribution in [0.15, 0.2) is 188 Å². The van der Waals surface area contributed by atoms with Gasteiger partial charge in [0.25, 0.3) is 0 Å². The van der Waals surface area contributed by atoms with Gasteiger partial charge in [-0.3, -0.25) is 0 Å². The van der Waals surface area contributed by atoms with Crippen molar-refractivity contribution in [1.29, 1.82) is 0 Å². The molecule has 0 saturated carbocycles. The molecule has 1 aromatic heterocycles. The normalized spacial score (nSPS) is 13.4. The first-order valence-corrected chi connectivity index (χ1v) is 17.5. The van der Waals surface area contributed by atoms with E-state index in [1.54, 1.807) is 0 Å². The molecule has 0 spiro atoms. The number of fused-ring (bicyclic) bond motifs is 13. The first-order chi connectivity index (χ1) is 24.8. The van der Waals surface area contributed by atoms with Gasteiger partial charge in [-0.2, -0.15) is 0 Å². The van der Waals surface area contributed by atoms with Crippen LogP contribution in [0.1, 0.15) is 22.3 Å². The molecule has 0 saturated heterocycles. The van der Waals surface area contributed by atoms with Crippen molar-refractivity contribution in [1.82, 2.24) is 4.57 Å². The second kappa shape index (κ2) is 10.3. The quantitative estimate of drug-likeness (QED) is 0.171. The Morgan fingerprint density at radius 1 is 0.340 bits per heavy atom. The third-order valence-electron chi connectivity index (χ3n) is 11.2. The molecular formula is C49H31N. The third kappa shape index (κ3) is 3.51. The van der Waals surface area contributed by atoms with Crippen molar-refractivity contribution in [3.8, 4) is 16.8 Å². The number of hydrogen-bond acceptors (Lipinski definition) is 0. The van der Waals surface area contributed by atoms with Crippen LogP contribution in [0.4, 0.5) is 0 Å². The van der Waals surface area contributed by atoms with Crippen LogP contribution in [0.5, 0.6) is 0 Å². The monoisotopic (exact) mass is 633 g/mol. The number of aromatic nitrogens is 1. The average Bonchev–Trinajstić information content (AvgIpc) is 3.69. The van der Waals surface area contributed by atoms with Gasteiger partial charge in [0.2, 0.25) is 0 Å². The summed E-state index contributed by atoms with van der Waals surface area (Å²) in [5.41, 5.74) is 11.0. The minimum atomic E-state index is -0.456. The highest BCUT2D eigenvalue weighted by Gasteiger charge is 2.47. The zero-order valence-corrected chi connectivity index (χ0v) is 27.3. The summed E-state index contributed by atoms with van der Waals surface area (Å²) < 4.78 is 2.54. The molecule has 1 aliphatic carbocycles. The van der Waals surface area contributed by atoms with E-state index < -0.39 is 5.41 Å². The maximum absolute atomic E-state index is 2.54. The Morgan fingerprint density at radius 3 is 1.50 bits per heavy atom. The van der Waals surface area contributed by atoms with Crippen molar-refractivity contribution >= 4 is 54.1 Å². The summed E-state index contributed by atoms with van der Waals surface area (Å²) >= 11 is 0. The van der Waals surface area contributed by atoms with Crippen LogP contribution in [0.3, 0.4) is 0 Å². The predicted octanol–water partition coefficient (Wildman–Crippen LogP) is 12.6. The summed E-state index contributed by atoms with van der Waals surface area (Å²) in [4.78, 5) is 0. The van der Waals surface area contributed by atoms with Crippen molar-refractivity contribution < 1.29 is 0 Å². The van der Waals surface area contributed by atoms with Gasteiger partial charge < -0.3 is 4.57 Å². The van der Waals surface area contributed by atoms with E-state index in [0.717, 1.165) is 0 Å². The van der Waals surface area contributed by atoms with E-state index in [1.165, 1.54) is 93.2 Å². The van der Waals surface area contributed by atoms with E-state index in [4.69, 9.17) is 0 Å². The Hall–Kier alpha value is -6.44. The number of nitrogens with zero attached hydrogens (tertiary/aromatic N) is 1. The fourth-order valence-corrected chi connectivity index (χ4v) is 9.28. The van der Waals surface area contributed by atoms with Gasteiger partial charge in [-0.15, -0.1) is 0 Å². The van der Waals surface area contributed by atoms with Crippen LogP contribution in [0.2, 0.25) is 0 Å². The van der Waals surface area contributed by atoms with Crippen molar-refractivity contribution in [3.63, 3.8) is 0 Å². The van der Waals surface area contributed by atoms with Gasteiger partial charge in [0, 0.05) is 22.0 Å².